The smallest absolute Gasteiger partial charge is 0.341 e. The summed E-state index contributed by atoms with van der Waals surface area (Å²) < 4.78 is 9.94. The first-order chi connectivity index (χ1) is 15.2. The number of carboxylic acids is 1. The molecule has 5 rings (SSSR count). The van der Waals surface area contributed by atoms with Crippen molar-refractivity contribution < 1.29 is 14.6 Å². The van der Waals surface area contributed by atoms with Gasteiger partial charge in [0.05, 0.1) is 36.3 Å². The van der Waals surface area contributed by atoms with E-state index in [1.54, 1.807) is 0 Å². The minimum atomic E-state index is -1.21. The number of hydrogen-bond donors (Lipinski definition) is 1. The molecule has 1 aromatic carbocycles. The largest absolute Gasteiger partial charge is 0.493 e. The third-order valence-corrected chi connectivity index (χ3v) is 6.37. The monoisotopic (exact) mass is 433 g/mol. The maximum Gasteiger partial charge on any atom is 0.341 e. The number of aromatic carboxylic acids is 1. The Morgan fingerprint density at radius 1 is 1.19 bits per heavy atom. The van der Waals surface area contributed by atoms with Crippen LogP contribution in [0.15, 0.2) is 47.4 Å². The molecule has 0 saturated heterocycles. The summed E-state index contributed by atoms with van der Waals surface area (Å²) in [4.78, 5) is 24.1. The van der Waals surface area contributed by atoms with Gasteiger partial charge in [0.2, 0.25) is 0 Å². The van der Waals surface area contributed by atoms with Gasteiger partial charge in [0.15, 0.2) is 5.43 Å². The summed E-state index contributed by atoms with van der Waals surface area (Å²) >= 11 is 0. The van der Waals surface area contributed by atoms with Crippen molar-refractivity contribution in [3.63, 3.8) is 0 Å². The predicted molar refractivity (Wildman–Crippen MR) is 121 cm³/mol. The molecule has 1 N–H and O–H groups in total. The zero-order valence-corrected chi connectivity index (χ0v) is 18.5. The number of pyridine rings is 1. The highest BCUT2D eigenvalue weighted by atomic mass is 16.5. The number of carboxylic acid groups (broad SMARTS) is 1. The van der Waals surface area contributed by atoms with Crippen LogP contribution in [0.2, 0.25) is 0 Å². The fourth-order valence-electron chi connectivity index (χ4n) is 4.31. The van der Waals surface area contributed by atoms with Gasteiger partial charge in [0.1, 0.15) is 11.3 Å². The highest BCUT2D eigenvalue weighted by Gasteiger charge is 2.34. The Balaban J connectivity index is 1.62. The minimum Gasteiger partial charge on any atom is -0.493 e. The summed E-state index contributed by atoms with van der Waals surface area (Å²) in [6, 6.07) is 11.2. The van der Waals surface area contributed by atoms with E-state index in [4.69, 9.17) is 9.84 Å². The molecule has 0 unspecified atom stereocenters. The molecule has 3 heterocycles. The SMILES string of the molecule is CC(C)(C)[C@@H]1Cn2nc(-c3ccccc3OCC3CC3)cc2-c2cc(=O)c(C(=O)O)cn21. The first kappa shape index (κ1) is 20.5. The Morgan fingerprint density at radius 3 is 2.62 bits per heavy atom. The summed E-state index contributed by atoms with van der Waals surface area (Å²) in [6.07, 6.45) is 3.93. The zero-order valence-electron chi connectivity index (χ0n) is 18.5. The molecule has 1 atom stereocenters. The molecule has 0 radical (unpaired) electrons. The lowest BCUT2D eigenvalue weighted by atomic mass is 9.85. The summed E-state index contributed by atoms with van der Waals surface area (Å²) in [5.41, 5.74) is 2.29. The van der Waals surface area contributed by atoms with Crippen molar-refractivity contribution in [1.29, 1.82) is 0 Å². The second kappa shape index (κ2) is 7.36. The number of aromatic nitrogens is 3. The number of carbonyl (C=O) groups is 1. The van der Waals surface area contributed by atoms with E-state index >= 15 is 0 Å². The zero-order chi connectivity index (χ0) is 22.6. The Kier molecular flexibility index (Phi) is 4.73. The van der Waals surface area contributed by atoms with Crippen LogP contribution in [0.4, 0.5) is 0 Å². The lowest BCUT2D eigenvalue weighted by Gasteiger charge is -2.38. The Labute approximate surface area is 186 Å². The molecular formula is C25H27N3O4. The summed E-state index contributed by atoms with van der Waals surface area (Å²) in [5.74, 6) is 0.244. The molecule has 32 heavy (non-hydrogen) atoms. The van der Waals surface area contributed by atoms with E-state index in [9.17, 15) is 14.7 Å². The molecular weight excluding hydrogens is 406 g/mol. The topological polar surface area (TPSA) is 86.3 Å². The third kappa shape index (κ3) is 3.61. The van der Waals surface area contributed by atoms with Crippen LogP contribution in [0.5, 0.6) is 5.75 Å². The Bertz CT molecular complexity index is 1260. The number of rotatable bonds is 5. The molecule has 2 aromatic heterocycles. The van der Waals surface area contributed by atoms with Gasteiger partial charge >= 0.3 is 5.97 Å². The van der Waals surface area contributed by atoms with Gasteiger partial charge in [0, 0.05) is 17.8 Å². The van der Waals surface area contributed by atoms with Gasteiger partial charge in [-0.05, 0) is 42.4 Å². The second-order valence-electron chi connectivity index (χ2n) is 9.88. The van der Waals surface area contributed by atoms with Gasteiger partial charge in [-0.15, -0.1) is 0 Å². The molecule has 1 fully saturated rings. The average Bonchev–Trinajstić information content (AvgIpc) is 3.47. The first-order valence-corrected chi connectivity index (χ1v) is 11.0. The van der Waals surface area contributed by atoms with E-state index in [2.05, 4.69) is 20.8 Å². The summed E-state index contributed by atoms with van der Waals surface area (Å²) in [7, 11) is 0. The number of fused-ring (bicyclic) bond motifs is 3. The van der Waals surface area contributed by atoms with Crippen LogP contribution in [0.25, 0.3) is 22.6 Å². The van der Waals surface area contributed by atoms with Crippen LogP contribution in [0.3, 0.4) is 0 Å². The Morgan fingerprint density at radius 2 is 1.94 bits per heavy atom. The van der Waals surface area contributed by atoms with Crippen LogP contribution < -0.4 is 10.2 Å². The van der Waals surface area contributed by atoms with Gasteiger partial charge in [-0.1, -0.05) is 32.9 Å². The molecule has 166 valence electrons. The van der Waals surface area contributed by atoms with Gasteiger partial charge in [-0.2, -0.15) is 5.10 Å². The van der Waals surface area contributed by atoms with Crippen molar-refractivity contribution in [2.75, 3.05) is 6.61 Å². The van der Waals surface area contributed by atoms with E-state index in [1.165, 1.54) is 25.1 Å². The van der Waals surface area contributed by atoms with E-state index in [-0.39, 0.29) is 17.0 Å². The van der Waals surface area contributed by atoms with Crippen molar-refractivity contribution in [3.8, 4) is 28.4 Å². The van der Waals surface area contributed by atoms with Crippen molar-refractivity contribution >= 4 is 5.97 Å². The highest BCUT2D eigenvalue weighted by Crippen LogP contribution is 2.41. The summed E-state index contributed by atoms with van der Waals surface area (Å²) in [5, 5.41) is 14.4. The molecule has 2 aliphatic rings. The number of hydrogen-bond acceptors (Lipinski definition) is 4. The van der Waals surface area contributed by atoms with Crippen molar-refractivity contribution in [2.45, 2.75) is 46.2 Å². The van der Waals surface area contributed by atoms with E-state index < -0.39 is 11.4 Å². The fraction of sp³-hybridized carbons (Fsp3) is 0.400. The number of nitrogens with zero attached hydrogens (tertiary/aromatic N) is 3. The minimum absolute atomic E-state index is 0.0576. The molecule has 3 aromatic rings. The second-order valence-corrected chi connectivity index (χ2v) is 9.88. The van der Waals surface area contributed by atoms with Crippen LogP contribution in [0.1, 0.15) is 50.0 Å². The molecule has 0 spiro atoms. The van der Waals surface area contributed by atoms with Crippen LogP contribution in [-0.2, 0) is 6.54 Å². The summed E-state index contributed by atoms with van der Waals surface area (Å²) in [6.45, 7) is 7.62. The quantitative estimate of drug-likeness (QED) is 0.642. The van der Waals surface area contributed by atoms with Gasteiger partial charge in [-0.3, -0.25) is 9.48 Å². The van der Waals surface area contributed by atoms with Crippen LogP contribution >= 0.6 is 0 Å². The molecule has 0 bridgehead atoms. The molecule has 0 amide bonds. The fourth-order valence-corrected chi connectivity index (χ4v) is 4.31. The maximum absolute atomic E-state index is 12.5. The lowest BCUT2D eigenvalue weighted by molar-refractivity contribution is 0.0693. The number of benzene rings is 1. The Hall–Kier alpha value is -3.35. The van der Waals surface area contributed by atoms with Gasteiger partial charge < -0.3 is 14.4 Å². The normalized spacial score (nSPS) is 17.5. The van der Waals surface area contributed by atoms with Crippen LogP contribution in [-0.4, -0.2) is 32.0 Å². The third-order valence-electron chi connectivity index (χ3n) is 6.37. The standard InChI is InChI=1S/C25H27N3O4/c1-25(2,3)23-13-28-20(19-11-21(29)17(24(30)31)12-27(19)23)10-18(26-28)16-6-4-5-7-22(16)32-14-15-8-9-15/h4-7,10-12,15,23H,8-9,13-14H2,1-3H3,(H,30,31)/t23-/m0/s1. The number of ether oxygens (including phenoxy) is 1. The first-order valence-electron chi connectivity index (χ1n) is 11.0. The van der Waals surface area contributed by atoms with E-state index in [0.717, 1.165) is 22.7 Å². The number of para-hydroxylation sites is 1. The van der Waals surface area contributed by atoms with Crippen LogP contribution in [0, 0.1) is 11.3 Å². The lowest BCUT2D eigenvalue weighted by Crippen LogP contribution is -2.35. The average molecular weight is 434 g/mol. The highest BCUT2D eigenvalue weighted by molar-refractivity contribution is 5.87. The molecule has 1 saturated carbocycles. The predicted octanol–water partition coefficient (Wildman–Crippen LogP) is 4.47. The van der Waals surface area contributed by atoms with Crippen molar-refractivity contribution in [1.82, 2.24) is 14.3 Å². The van der Waals surface area contributed by atoms with E-state index in [1.807, 2.05) is 39.6 Å². The molecule has 1 aliphatic heterocycles. The molecule has 7 heteroatoms. The maximum atomic E-state index is 12.5. The van der Waals surface area contributed by atoms with Crippen molar-refractivity contribution in [3.05, 3.63) is 58.4 Å². The molecule has 7 nitrogen and oxygen atoms in total. The van der Waals surface area contributed by atoms with E-state index in [0.29, 0.717) is 24.8 Å². The van der Waals surface area contributed by atoms with Crippen molar-refractivity contribution in [2.24, 2.45) is 11.3 Å². The van der Waals surface area contributed by atoms with Gasteiger partial charge in [0.25, 0.3) is 0 Å². The van der Waals surface area contributed by atoms with Gasteiger partial charge in [-0.25, -0.2) is 4.79 Å². The molecule has 1 aliphatic carbocycles.